The van der Waals surface area contributed by atoms with Crippen LogP contribution in [0.4, 0.5) is 0 Å². The van der Waals surface area contributed by atoms with Gasteiger partial charge in [0.1, 0.15) is 17.3 Å². The van der Waals surface area contributed by atoms with Crippen LogP contribution in [0.1, 0.15) is 12.8 Å². The summed E-state index contributed by atoms with van der Waals surface area (Å²) >= 11 is 0. The number of allylic oxidation sites excluding steroid dienone is 2. The third-order valence-corrected chi connectivity index (χ3v) is 1.06. The molecule has 0 amide bonds. The van der Waals surface area contributed by atoms with E-state index in [1.165, 1.54) is 0 Å². The highest BCUT2D eigenvalue weighted by molar-refractivity contribution is 5.85. The van der Waals surface area contributed by atoms with Gasteiger partial charge in [0.2, 0.25) is 0 Å². The summed E-state index contributed by atoms with van der Waals surface area (Å²) in [6, 6.07) is 0. The quantitative estimate of drug-likeness (QED) is 0.486. The van der Waals surface area contributed by atoms with Gasteiger partial charge >= 0.3 is 0 Å². The molecule has 0 atom stereocenters. The zero-order valence-corrected chi connectivity index (χ0v) is 4.22. The average molecular weight is 114 g/mol. The van der Waals surface area contributed by atoms with Crippen molar-refractivity contribution in [2.45, 2.75) is 12.8 Å². The summed E-state index contributed by atoms with van der Waals surface area (Å²) in [6.07, 6.45) is 0.0116. The van der Waals surface area contributed by atoms with Crippen LogP contribution >= 0.6 is 0 Å². The molecular weight excluding hydrogens is 108 g/mol. The third-order valence-electron chi connectivity index (χ3n) is 1.06. The fraction of sp³-hybridized carbons (Fsp3) is 0.400. The van der Waals surface area contributed by atoms with Gasteiger partial charge in [0.15, 0.2) is 0 Å². The second-order valence-electron chi connectivity index (χ2n) is 1.79. The smallest absolute Gasteiger partial charge is 0.148 e. The Morgan fingerprint density at radius 2 is 1.50 bits per heavy atom. The van der Waals surface area contributed by atoms with Gasteiger partial charge in [0.05, 0.1) is 12.8 Å². The molecule has 0 spiro atoms. The number of hydrogen-bond donors (Lipinski definition) is 2. The van der Waals surface area contributed by atoms with E-state index in [4.69, 9.17) is 10.2 Å². The normalized spacial score (nSPS) is 20.2. The number of ketones is 1. The Balaban J connectivity index is 2.73. The van der Waals surface area contributed by atoms with E-state index in [9.17, 15) is 4.79 Å². The van der Waals surface area contributed by atoms with Crippen molar-refractivity contribution >= 4 is 5.78 Å². The molecule has 0 saturated heterocycles. The molecule has 1 aliphatic rings. The molecule has 0 fully saturated rings. The van der Waals surface area contributed by atoms with Crippen molar-refractivity contribution in [1.82, 2.24) is 0 Å². The molecule has 0 aromatic heterocycles. The fourth-order valence-corrected chi connectivity index (χ4v) is 0.640. The molecule has 0 aliphatic heterocycles. The van der Waals surface area contributed by atoms with Crippen molar-refractivity contribution in [2.75, 3.05) is 0 Å². The summed E-state index contributed by atoms with van der Waals surface area (Å²) in [5.41, 5.74) is 0. The van der Waals surface area contributed by atoms with E-state index in [1.54, 1.807) is 0 Å². The van der Waals surface area contributed by atoms with Crippen LogP contribution in [0.3, 0.4) is 0 Å². The third kappa shape index (κ3) is 0.665. The Labute approximate surface area is 46.3 Å². The number of rotatable bonds is 0. The Kier molecular flexibility index (Phi) is 0.970. The van der Waals surface area contributed by atoms with Gasteiger partial charge in [0.25, 0.3) is 0 Å². The molecule has 2 N–H and O–H groups in total. The molecule has 0 saturated carbocycles. The van der Waals surface area contributed by atoms with Crippen molar-refractivity contribution in [1.29, 1.82) is 0 Å². The minimum Gasteiger partial charge on any atom is -0.508 e. The van der Waals surface area contributed by atoms with E-state index >= 15 is 0 Å². The number of carbonyl (C=O) groups is 1. The highest BCUT2D eigenvalue weighted by atomic mass is 16.3. The highest BCUT2D eigenvalue weighted by Gasteiger charge is 2.19. The van der Waals surface area contributed by atoms with Crippen LogP contribution in [-0.4, -0.2) is 16.0 Å². The maximum atomic E-state index is 10.3. The number of aliphatic hydroxyl groups is 2. The molecule has 3 heteroatoms. The minimum atomic E-state index is -0.171. The van der Waals surface area contributed by atoms with Crippen LogP contribution in [0.5, 0.6) is 0 Å². The predicted molar refractivity (Wildman–Crippen MR) is 26.5 cm³/mol. The van der Waals surface area contributed by atoms with E-state index in [2.05, 4.69) is 0 Å². The van der Waals surface area contributed by atoms with Gasteiger partial charge in [-0.05, 0) is 0 Å². The van der Waals surface area contributed by atoms with E-state index < -0.39 is 0 Å². The van der Waals surface area contributed by atoms with Crippen molar-refractivity contribution in [3.63, 3.8) is 0 Å². The summed E-state index contributed by atoms with van der Waals surface area (Å²) in [4.78, 5) is 10.3. The molecule has 0 unspecified atom stereocenters. The molecule has 8 heavy (non-hydrogen) atoms. The van der Waals surface area contributed by atoms with Crippen LogP contribution in [0.2, 0.25) is 0 Å². The second-order valence-corrected chi connectivity index (χ2v) is 1.79. The summed E-state index contributed by atoms with van der Waals surface area (Å²) in [7, 11) is 0. The van der Waals surface area contributed by atoms with E-state index in [0.29, 0.717) is 0 Å². The molecular formula is C5H6O3. The molecule has 0 bridgehead atoms. The maximum absolute atomic E-state index is 10.3. The van der Waals surface area contributed by atoms with E-state index in [1.807, 2.05) is 0 Å². The van der Waals surface area contributed by atoms with Crippen molar-refractivity contribution in [3.05, 3.63) is 11.5 Å². The summed E-state index contributed by atoms with van der Waals surface area (Å²) < 4.78 is 0. The predicted octanol–water partition coefficient (Wildman–Crippen LogP) is 0.677. The Bertz CT molecular complexity index is 141. The first-order valence-corrected chi connectivity index (χ1v) is 2.32. The molecule has 0 aromatic carbocycles. The lowest BCUT2D eigenvalue weighted by atomic mass is 10.3. The lowest BCUT2D eigenvalue weighted by molar-refractivity contribution is -0.117. The zero-order valence-electron chi connectivity index (χ0n) is 4.22. The fourth-order valence-electron chi connectivity index (χ4n) is 0.640. The number of hydrogen-bond acceptors (Lipinski definition) is 3. The summed E-state index contributed by atoms with van der Waals surface area (Å²) in [5.74, 6) is -0.468. The molecule has 0 heterocycles. The minimum absolute atomic E-state index is 0.00579. The molecule has 1 aliphatic carbocycles. The molecule has 0 aromatic rings. The van der Waals surface area contributed by atoms with E-state index in [0.717, 1.165) is 0 Å². The van der Waals surface area contributed by atoms with Gasteiger partial charge in [-0.3, -0.25) is 4.79 Å². The van der Waals surface area contributed by atoms with Crippen molar-refractivity contribution < 1.29 is 15.0 Å². The first-order valence-electron chi connectivity index (χ1n) is 2.32. The van der Waals surface area contributed by atoms with Crippen molar-refractivity contribution in [2.24, 2.45) is 0 Å². The Morgan fingerprint density at radius 3 is 1.62 bits per heavy atom. The number of aliphatic hydroxyl groups excluding tert-OH is 2. The van der Waals surface area contributed by atoms with Gasteiger partial charge in [-0.1, -0.05) is 0 Å². The molecule has 0 radical (unpaired) electrons. The maximum Gasteiger partial charge on any atom is 0.148 e. The topological polar surface area (TPSA) is 57.5 Å². The number of carbonyl (C=O) groups excluding carboxylic acids is 1. The lowest BCUT2D eigenvalue weighted by Crippen LogP contribution is -1.87. The van der Waals surface area contributed by atoms with Gasteiger partial charge in [0, 0.05) is 0 Å². The summed E-state index contributed by atoms with van der Waals surface area (Å²) in [5, 5.41) is 17.2. The van der Waals surface area contributed by atoms with Crippen LogP contribution in [-0.2, 0) is 4.79 Å². The Morgan fingerprint density at radius 1 is 1.12 bits per heavy atom. The van der Waals surface area contributed by atoms with Crippen LogP contribution in [0, 0.1) is 0 Å². The van der Waals surface area contributed by atoms with Crippen LogP contribution in [0.15, 0.2) is 11.5 Å². The second kappa shape index (κ2) is 1.51. The van der Waals surface area contributed by atoms with Crippen LogP contribution in [0.25, 0.3) is 0 Å². The summed E-state index contributed by atoms with van der Waals surface area (Å²) in [6.45, 7) is 0. The molecule has 3 nitrogen and oxygen atoms in total. The monoisotopic (exact) mass is 114 g/mol. The van der Waals surface area contributed by atoms with Gasteiger partial charge in [-0.25, -0.2) is 0 Å². The highest BCUT2D eigenvalue weighted by Crippen LogP contribution is 2.17. The number of Topliss-reactive ketones (excluding diaryl/α,β-unsaturated/α-hetero) is 1. The zero-order chi connectivity index (χ0) is 6.15. The Hall–Kier alpha value is -0.990. The van der Waals surface area contributed by atoms with Gasteiger partial charge < -0.3 is 10.2 Å². The van der Waals surface area contributed by atoms with Gasteiger partial charge in [-0.2, -0.15) is 0 Å². The first-order chi connectivity index (χ1) is 3.70. The molecule has 1 rings (SSSR count). The molecule has 44 valence electrons. The standard InChI is InChI=1S/C5H6O3/c6-3-1-4(7)5(8)2-3/h7-8H,1-2H2. The first kappa shape index (κ1) is 5.15. The van der Waals surface area contributed by atoms with Crippen molar-refractivity contribution in [3.8, 4) is 0 Å². The largest absolute Gasteiger partial charge is 0.508 e. The van der Waals surface area contributed by atoms with Crippen LogP contribution < -0.4 is 0 Å². The SMILES string of the molecule is O=C1CC(O)=C(O)C1. The van der Waals surface area contributed by atoms with E-state index in [-0.39, 0.29) is 30.1 Å². The average Bonchev–Trinajstić information content (AvgIpc) is 1.85. The van der Waals surface area contributed by atoms with Gasteiger partial charge in [-0.15, -0.1) is 0 Å². The lowest BCUT2D eigenvalue weighted by Gasteiger charge is -1.84.